The number of hydrogen-bond acceptors (Lipinski definition) is 7. The molecule has 0 saturated carbocycles. The van der Waals surface area contributed by atoms with Gasteiger partial charge in [-0.15, -0.1) is 0 Å². The summed E-state index contributed by atoms with van der Waals surface area (Å²) in [5, 5.41) is 3.36. The highest BCUT2D eigenvalue weighted by molar-refractivity contribution is 7.80. The number of aromatic nitrogens is 2. The Labute approximate surface area is 192 Å². The van der Waals surface area contributed by atoms with E-state index in [1.54, 1.807) is 23.2 Å². The summed E-state index contributed by atoms with van der Waals surface area (Å²) in [6.07, 6.45) is 2.81. The van der Waals surface area contributed by atoms with Crippen molar-refractivity contribution in [1.29, 1.82) is 0 Å². The quantitative estimate of drug-likeness (QED) is 0.687. The molecule has 32 heavy (non-hydrogen) atoms. The molecule has 0 spiro atoms. The van der Waals surface area contributed by atoms with E-state index < -0.39 is 6.09 Å². The van der Waals surface area contributed by atoms with Gasteiger partial charge in [0.05, 0.1) is 11.9 Å². The molecule has 2 aliphatic rings. The molecular formula is C22H26N6O3S. The van der Waals surface area contributed by atoms with Gasteiger partial charge >= 0.3 is 6.09 Å². The van der Waals surface area contributed by atoms with Crippen LogP contribution >= 0.6 is 12.2 Å². The lowest BCUT2D eigenvalue weighted by Crippen LogP contribution is -2.49. The lowest BCUT2D eigenvalue weighted by atomic mass is 10.1. The number of pyridine rings is 2. The van der Waals surface area contributed by atoms with Gasteiger partial charge in [0.25, 0.3) is 5.91 Å². The summed E-state index contributed by atoms with van der Waals surface area (Å²) in [6, 6.07) is 8.76. The number of piperazine rings is 1. The minimum atomic E-state index is -0.411. The molecule has 2 fully saturated rings. The molecule has 0 aliphatic carbocycles. The summed E-state index contributed by atoms with van der Waals surface area (Å²) in [5.41, 5.74) is 1.01. The van der Waals surface area contributed by atoms with Crippen LogP contribution in [0.25, 0.3) is 0 Å². The molecule has 2 amide bonds. The number of rotatable bonds is 5. The molecule has 1 N–H and O–H groups in total. The second kappa shape index (κ2) is 9.58. The second-order valence-electron chi connectivity index (χ2n) is 8.15. The lowest BCUT2D eigenvalue weighted by Gasteiger charge is -2.33. The van der Waals surface area contributed by atoms with Crippen LogP contribution in [0.15, 0.2) is 42.7 Å². The number of nitrogens with one attached hydrogen (secondary N) is 1. The molecule has 0 radical (unpaired) electrons. The average Bonchev–Trinajstić information content (AvgIpc) is 3.10. The zero-order chi connectivity index (χ0) is 22.7. The first-order valence-electron chi connectivity index (χ1n) is 10.6. The van der Waals surface area contributed by atoms with Crippen LogP contribution in [0.4, 0.5) is 10.6 Å². The zero-order valence-electron chi connectivity index (χ0n) is 18.1. The van der Waals surface area contributed by atoms with E-state index in [2.05, 4.69) is 20.2 Å². The second-order valence-corrected chi connectivity index (χ2v) is 8.54. The van der Waals surface area contributed by atoms with Gasteiger partial charge in [0, 0.05) is 38.9 Å². The molecule has 4 rings (SSSR count). The van der Waals surface area contributed by atoms with E-state index in [9.17, 15) is 9.59 Å². The molecule has 0 aromatic carbocycles. The first-order valence-corrected chi connectivity index (χ1v) is 11.0. The molecule has 2 aromatic rings. The first-order chi connectivity index (χ1) is 15.4. The third-order valence-electron chi connectivity index (χ3n) is 5.53. The van der Waals surface area contributed by atoms with E-state index in [1.165, 1.54) is 11.1 Å². The van der Waals surface area contributed by atoms with Crippen molar-refractivity contribution in [2.75, 3.05) is 31.1 Å². The largest absolute Gasteiger partial charge is 0.415 e. The maximum absolute atomic E-state index is 12.6. The number of hydrogen-bond donors (Lipinski definition) is 1. The molecule has 2 saturated heterocycles. The molecule has 2 aliphatic heterocycles. The predicted octanol–water partition coefficient (Wildman–Crippen LogP) is 2.04. The van der Waals surface area contributed by atoms with Gasteiger partial charge in [-0.1, -0.05) is 19.9 Å². The Kier molecular flexibility index (Phi) is 6.61. The van der Waals surface area contributed by atoms with Crippen molar-refractivity contribution in [2.45, 2.75) is 26.4 Å². The number of carbonyl (C=O) groups is 2. The van der Waals surface area contributed by atoms with E-state index in [1.807, 2.05) is 32.0 Å². The van der Waals surface area contributed by atoms with Crippen molar-refractivity contribution < 1.29 is 14.3 Å². The standard InChI is InChI=1S/C22H26N6O3S/c1-15(2)19-20(29)28(21(32)25-19)18-7-6-17(13-24-18)31-22(30)27-11-9-26(10-12-27)14-16-5-3-4-8-23-16/h3-8,13,15,19H,9-12,14H2,1-2H3,(H,25,32). The number of nitrogens with zero attached hydrogens (tertiary/aromatic N) is 5. The van der Waals surface area contributed by atoms with Gasteiger partial charge in [-0.2, -0.15) is 0 Å². The van der Waals surface area contributed by atoms with Crippen LogP contribution in [-0.2, 0) is 11.3 Å². The monoisotopic (exact) mass is 454 g/mol. The van der Waals surface area contributed by atoms with Gasteiger partial charge in [0.1, 0.15) is 11.9 Å². The van der Waals surface area contributed by atoms with Crippen molar-refractivity contribution in [2.24, 2.45) is 5.92 Å². The van der Waals surface area contributed by atoms with Crippen molar-refractivity contribution in [1.82, 2.24) is 25.1 Å². The van der Waals surface area contributed by atoms with E-state index in [0.29, 0.717) is 29.8 Å². The van der Waals surface area contributed by atoms with Crippen molar-refractivity contribution in [3.63, 3.8) is 0 Å². The Morgan fingerprint density at radius 1 is 1.19 bits per heavy atom. The lowest BCUT2D eigenvalue weighted by molar-refractivity contribution is -0.119. The van der Waals surface area contributed by atoms with Crippen LogP contribution in [0.1, 0.15) is 19.5 Å². The molecule has 10 heteroatoms. The Morgan fingerprint density at radius 2 is 1.97 bits per heavy atom. The number of carbonyl (C=O) groups excluding carboxylic acids is 2. The third-order valence-corrected chi connectivity index (χ3v) is 5.83. The fourth-order valence-corrected chi connectivity index (χ4v) is 4.02. The smallest absolute Gasteiger partial charge is 0.409 e. The summed E-state index contributed by atoms with van der Waals surface area (Å²) in [7, 11) is 0. The molecule has 4 heterocycles. The topological polar surface area (TPSA) is 90.9 Å². The highest BCUT2D eigenvalue weighted by Gasteiger charge is 2.38. The van der Waals surface area contributed by atoms with Gasteiger partial charge in [0.15, 0.2) is 10.9 Å². The predicted molar refractivity (Wildman–Crippen MR) is 123 cm³/mol. The molecule has 9 nitrogen and oxygen atoms in total. The maximum Gasteiger partial charge on any atom is 0.415 e. The van der Waals surface area contributed by atoms with Crippen LogP contribution in [0.5, 0.6) is 5.75 Å². The average molecular weight is 455 g/mol. The van der Waals surface area contributed by atoms with Crippen LogP contribution in [0.2, 0.25) is 0 Å². The molecule has 1 atom stereocenters. The van der Waals surface area contributed by atoms with Crippen molar-refractivity contribution in [3.8, 4) is 5.75 Å². The Hall–Kier alpha value is -3.11. The van der Waals surface area contributed by atoms with Gasteiger partial charge in [-0.3, -0.25) is 14.7 Å². The van der Waals surface area contributed by atoms with Crippen LogP contribution in [-0.4, -0.2) is 69.1 Å². The Morgan fingerprint density at radius 3 is 2.56 bits per heavy atom. The van der Waals surface area contributed by atoms with Gasteiger partial charge in [0.2, 0.25) is 0 Å². The third kappa shape index (κ3) is 4.86. The molecule has 168 valence electrons. The Bertz CT molecular complexity index is 977. The molecule has 1 unspecified atom stereocenters. The van der Waals surface area contributed by atoms with E-state index in [4.69, 9.17) is 17.0 Å². The fourth-order valence-electron chi connectivity index (χ4n) is 3.71. The summed E-state index contributed by atoms with van der Waals surface area (Å²) < 4.78 is 5.48. The SMILES string of the molecule is CC(C)C1NC(=S)N(c2ccc(OC(=O)N3CCN(Cc4ccccn4)CC3)cn2)C1=O. The normalized spacial score (nSPS) is 19.4. The van der Waals surface area contributed by atoms with Gasteiger partial charge in [-0.05, 0) is 42.4 Å². The molecule has 2 aromatic heterocycles. The van der Waals surface area contributed by atoms with Gasteiger partial charge in [-0.25, -0.2) is 14.7 Å². The van der Waals surface area contributed by atoms with Crippen molar-refractivity contribution >= 4 is 35.1 Å². The summed E-state index contributed by atoms with van der Waals surface area (Å²) in [5.74, 6) is 0.695. The van der Waals surface area contributed by atoms with Crippen molar-refractivity contribution in [3.05, 3.63) is 48.4 Å². The van der Waals surface area contributed by atoms with E-state index >= 15 is 0 Å². The highest BCUT2D eigenvalue weighted by Crippen LogP contribution is 2.23. The van der Waals surface area contributed by atoms with Crippen LogP contribution < -0.4 is 15.0 Å². The minimum Gasteiger partial charge on any atom is -0.409 e. The Balaban J connectivity index is 1.30. The van der Waals surface area contributed by atoms with E-state index in [0.717, 1.165) is 25.3 Å². The molecule has 0 bridgehead atoms. The van der Waals surface area contributed by atoms with Crippen LogP contribution in [0, 0.1) is 5.92 Å². The number of anilines is 1. The fraction of sp³-hybridized carbons (Fsp3) is 0.409. The van der Waals surface area contributed by atoms with Gasteiger partial charge < -0.3 is 15.0 Å². The van der Waals surface area contributed by atoms with E-state index in [-0.39, 0.29) is 17.9 Å². The summed E-state index contributed by atoms with van der Waals surface area (Å²) in [6.45, 7) is 7.33. The number of amides is 2. The van der Waals surface area contributed by atoms with Crippen LogP contribution in [0.3, 0.4) is 0 Å². The maximum atomic E-state index is 12.6. The molecular weight excluding hydrogens is 428 g/mol. The zero-order valence-corrected chi connectivity index (χ0v) is 18.9. The number of thiocarbonyl (C=S) groups is 1. The summed E-state index contributed by atoms with van der Waals surface area (Å²) in [4.78, 5) is 39.1. The summed E-state index contributed by atoms with van der Waals surface area (Å²) >= 11 is 5.29. The first kappa shape index (κ1) is 22.1. The highest BCUT2D eigenvalue weighted by atomic mass is 32.1. The minimum absolute atomic E-state index is 0.107. The number of ether oxygens (including phenoxy) is 1.